The SMILES string of the molecule is CCN(CC)CC(Cl)c1ccc(F)cc1. The van der Waals surface area contributed by atoms with E-state index >= 15 is 0 Å². The van der Waals surface area contributed by atoms with Gasteiger partial charge in [0.15, 0.2) is 0 Å². The Morgan fingerprint density at radius 1 is 1.20 bits per heavy atom. The van der Waals surface area contributed by atoms with E-state index < -0.39 is 0 Å². The third kappa shape index (κ3) is 3.80. The number of nitrogens with zero attached hydrogens (tertiary/aromatic N) is 1. The fourth-order valence-corrected chi connectivity index (χ4v) is 1.83. The second kappa shape index (κ2) is 6.09. The van der Waals surface area contributed by atoms with Crippen LogP contribution in [0.1, 0.15) is 24.8 Å². The Morgan fingerprint density at radius 2 is 1.73 bits per heavy atom. The Hall–Kier alpha value is -0.600. The molecule has 1 aromatic rings. The normalized spacial score (nSPS) is 13.1. The topological polar surface area (TPSA) is 3.24 Å². The van der Waals surface area contributed by atoms with E-state index in [0.717, 1.165) is 25.2 Å². The molecule has 1 rings (SSSR count). The van der Waals surface area contributed by atoms with Crippen LogP contribution in [0.4, 0.5) is 4.39 Å². The van der Waals surface area contributed by atoms with Gasteiger partial charge in [-0.1, -0.05) is 26.0 Å². The Morgan fingerprint density at radius 3 is 2.20 bits per heavy atom. The minimum absolute atomic E-state index is 0.0644. The summed E-state index contributed by atoms with van der Waals surface area (Å²) in [6, 6.07) is 6.40. The maximum Gasteiger partial charge on any atom is 0.123 e. The maximum absolute atomic E-state index is 12.7. The molecule has 1 aromatic carbocycles. The van der Waals surface area contributed by atoms with Crippen molar-refractivity contribution in [1.29, 1.82) is 0 Å². The van der Waals surface area contributed by atoms with Crippen LogP contribution in [-0.2, 0) is 0 Å². The van der Waals surface area contributed by atoms with E-state index in [1.165, 1.54) is 12.1 Å². The number of likely N-dealkylation sites (N-methyl/N-ethyl adjacent to an activating group) is 1. The highest BCUT2D eigenvalue weighted by atomic mass is 35.5. The maximum atomic E-state index is 12.7. The van der Waals surface area contributed by atoms with Crippen LogP contribution in [0.3, 0.4) is 0 Å². The van der Waals surface area contributed by atoms with Gasteiger partial charge in [0.1, 0.15) is 5.82 Å². The first-order valence-electron chi connectivity index (χ1n) is 5.29. The molecule has 0 aliphatic heterocycles. The zero-order valence-corrected chi connectivity index (χ0v) is 9.97. The summed E-state index contributed by atoms with van der Waals surface area (Å²) in [5.74, 6) is -0.217. The molecule has 0 saturated carbocycles. The second-order valence-electron chi connectivity index (χ2n) is 3.50. The molecule has 0 saturated heterocycles. The van der Waals surface area contributed by atoms with Gasteiger partial charge in [0.25, 0.3) is 0 Å². The molecular formula is C12H17ClFN. The first-order valence-corrected chi connectivity index (χ1v) is 5.72. The average molecular weight is 230 g/mol. The van der Waals surface area contributed by atoms with Gasteiger partial charge in [-0.15, -0.1) is 11.6 Å². The van der Waals surface area contributed by atoms with Crippen LogP contribution in [0, 0.1) is 5.82 Å². The van der Waals surface area contributed by atoms with Crippen molar-refractivity contribution < 1.29 is 4.39 Å². The highest BCUT2D eigenvalue weighted by Gasteiger charge is 2.11. The monoisotopic (exact) mass is 229 g/mol. The Balaban J connectivity index is 2.60. The summed E-state index contributed by atoms with van der Waals surface area (Å²) in [7, 11) is 0. The molecule has 0 fully saturated rings. The van der Waals surface area contributed by atoms with Crippen LogP contribution >= 0.6 is 11.6 Å². The van der Waals surface area contributed by atoms with Crippen LogP contribution in [-0.4, -0.2) is 24.5 Å². The smallest absolute Gasteiger partial charge is 0.123 e. The molecule has 3 heteroatoms. The fourth-order valence-electron chi connectivity index (χ4n) is 1.49. The summed E-state index contributed by atoms with van der Waals surface area (Å²) in [5.41, 5.74) is 0.977. The molecule has 0 aliphatic rings. The Labute approximate surface area is 95.8 Å². The molecule has 0 N–H and O–H groups in total. The summed E-state index contributed by atoms with van der Waals surface area (Å²) in [6.07, 6.45) is 0. The van der Waals surface area contributed by atoms with Crippen molar-refractivity contribution in [3.05, 3.63) is 35.6 Å². The zero-order chi connectivity index (χ0) is 11.3. The molecule has 1 unspecified atom stereocenters. The zero-order valence-electron chi connectivity index (χ0n) is 9.21. The van der Waals surface area contributed by atoms with Crippen molar-refractivity contribution in [2.45, 2.75) is 19.2 Å². The van der Waals surface area contributed by atoms with Gasteiger partial charge in [0, 0.05) is 6.54 Å². The minimum atomic E-state index is -0.217. The van der Waals surface area contributed by atoms with Gasteiger partial charge in [-0.2, -0.15) is 0 Å². The van der Waals surface area contributed by atoms with E-state index in [0.29, 0.717) is 0 Å². The van der Waals surface area contributed by atoms with Gasteiger partial charge in [-0.3, -0.25) is 0 Å². The lowest BCUT2D eigenvalue weighted by Gasteiger charge is -2.21. The molecule has 1 nitrogen and oxygen atoms in total. The highest BCUT2D eigenvalue weighted by molar-refractivity contribution is 6.21. The predicted molar refractivity (Wildman–Crippen MR) is 62.8 cm³/mol. The van der Waals surface area contributed by atoms with E-state index in [-0.39, 0.29) is 11.2 Å². The van der Waals surface area contributed by atoms with Gasteiger partial charge < -0.3 is 4.90 Å². The van der Waals surface area contributed by atoms with Crippen molar-refractivity contribution in [2.24, 2.45) is 0 Å². The molecule has 0 amide bonds. The summed E-state index contributed by atoms with van der Waals surface area (Å²) < 4.78 is 12.7. The van der Waals surface area contributed by atoms with Gasteiger partial charge in [0.2, 0.25) is 0 Å². The first-order chi connectivity index (χ1) is 7.17. The molecule has 0 aliphatic carbocycles. The number of hydrogen-bond donors (Lipinski definition) is 0. The van der Waals surface area contributed by atoms with E-state index in [4.69, 9.17) is 11.6 Å². The van der Waals surface area contributed by atoms with Crippen LogP contribution in [0.5, 0.6) is 0 Å². The van der Waals surface area contributed by atoms with Crippen LogP contribution in [0.15, 0.2) is 24.3 Å². The van der Waals surface area contributed by atoms with E-state index in [9.17, 15) is 4.39 Å². The van der Waals surface area contributed by atoms with Gasteiger partial charge in [0.05, 0.1) is 5.38 Å². The number of alkyl halides is 1. The van der Waals surface area contributed by atoms with Crippen molar-refractivity contribution in [3.63, 3.8) is 0 Å². The third-order valence-corrected chi connectivity index (χ3v) is 2.93. The molecule has 1 atom stereocenters. The summed E-state index contributed by atoms with van der Waals surface area (Å²) in [6.45, 7) is 7.00. The molecule has 84 valence electrons. The van der Waals surface area contributed by atoms with Crippen molar-refractivity contribution >= 4 is 11.6 Å². The van der Waals surface area contributed by atoms with Crippen LogP contribution < -0.4 is 0 Å². The Bertz CT molecular complexity index is 282. The number of halogens is 2. The number of rotatable bonds is 5. The van der Waals surface area contributed by atoms with Crippen molar-refractivity contribution in [3.8, 4) is 0 Å². The lowest BCUT2D eigenvalue weighted by molar-refractivity contribution is 0.304. The number of benzene rings is 1. The molecule has 0 aromatic heterocycles. The van der Waals surface area contributed by atoms with Gasteiger partial charge in [-0.05, 0) is 30.8 Å². The largest absolute Gasteiger partial charge is 0.302 e. The summed E-state index contributed by atoms with van der Waals surface area (Å²) in [5, 5.41) is -0.0644. The van der Waals surface area contributed by atoms with Crippen molar-refractivity contribution in [1.82, 2.24) is 4.90 Å². The van der Waals surface area contributed by atoms with E-state index in [2.05, 4.69) is 18.7 Å². The average Bonchev–Trinajstić information content (AvgIpc) is 2.26. The molecule has 0 heterocycles. The molecule has 0 spiro atoms. The highest BCUT2D eigenvalue weighted by Crippen LogP contribution is 2.21. The van der Waals surface area contributed by atoms with Crippen molar-refractivity contribution in [2.75, 3.05) is 19.6 Å². The molecule has 15 heavy (non-hydrogen) atoms. The first kappa shape index (κ1) is 12.5. The third-order valence-electron chi connectivity index (χ3n) is 2.54. The summed E-state index contributed by atoms with van der Waals surface area (Å²) in [4.78, 5) is 2.25. The standard InChI is InChI=1S/C12H17ClFN/c1-3-15(4-2)9-12(13)10-5-7-11(14)8-6-10/h5-8,12H,3-4,9H2,1-2H3. The van der Waals surface area contributed by atoms with E-state index in [1.54, 1.807) is 12.1 Å². The second-order valence-corrected chi connectivity index (χ2v) is 4.03. The van der Waals surface area contributed by atoms with Gasteiger partial charge >= 0.3 is 0 Å². The van der Waals surface area contributed by atoms with Gasteiger partial charge in [-0.25, -0.2) is 4.39 Å². The van der Waals surface area contributed by atoms with Crippen LogP contribution in [0.2, 0.25) is 0 Å². The minimum Gasteiger partial charge on any atom is -0.302 e. The molecule has 0 bridgehead atoms. The molecular weight excluding hydrogens is 213 g/mol. The fraction of sp³-hybridized carbons (Fsp3) is 0.500. The lowest BCUT2D eigenvalue weighted by atomic mass is 10.1. The lowest BCUT2D eigenvalue weighted by Crippen LogP contribution is -2.26. The number of hydrogen-bond acceptors (Lipinski definition) is 1. The summed E-state index contributed by atoms with van der Waals surface area (Å²) >= 11 is 6.25. The molecule has 0 radical (unpaired) electrons. The Kier molecular flexibility index (Phi) is 5.06. The quantitative estimate of drug-likeness (QED) is 0.699. The van der Waals surface area contributed by atoms with E-state index in [1.807, 2.05) is 0 Å². The predicted octanol–water partition coefficient (Wildman–Crippen LogP) is 3.45. The van der Waals surface area contributed by atoms with Crippen LogP contribution in [0.25, 0.3) is 0 Å².